The van der Waals surface area contributed by atoms with Crippen LogP contribution in [0.1, 0.15) is 20.7 Å². The van der Waals surface area contributed by atoms with E-state index in [0.29, 0.717) is 28.1 Å². The second kappa shape index (κ2) is 14.5. The molecular formula is C36H25ClF2N6O4. The van der Waals surface area contributed by atoms with Gasteiger partial charge in [0.15, 0.2) is 0 Å². The summed E-state index contributed by atoms with van der Waals surface area (Å²) in [6.45, 7) is 0. The number of carbonyl (C=O) groups is 2. The van der Waals surface area contributed by atoms with Crippen LogP contribution in [0, 0.1) is 11.6 Å². The summed E-state index contributed by atoms with van der Waals surface area (Å²) < 4.78 is 35.3. The first-order valence-corrected chi connectivity index (χ1v) is 14.9. The van der Waals surface area contributed by atoms with Gasteiger partial charge in [-0.25, -0.2) is 18.7 Å². The molecule has 2 aromatic carbocycles. The van der Waals surface area contributed by atoms with Crippen LogP contribution in [0.25, 0.3) is 44.3 Å². The highest BCUT2D eigenvalue weighted by Crippen LogP contribution is 2.30. The smallest absolute Gasteiger partial charge is 0.255 e. The van der Waals surface area contributed by atoms with Crippen molar-refractivity contribution in [1.29, 1.82) is 0 Å². The van der Waals surface area contributed by atoms with Crippen LogP contribution in [0.15, 0.2) is 131 Å². The first kappa shape index (κ1) is 32.4. The molecule has 8 aromatic rings. The van der Waals surface area contributed by atoms with E-state index < -0.39 is 5.24 Å². The van der Waals surface area contributed by atoms with Crippen LogP contribution in [-0.4, -0.2) is 31.1 Å². The second-order valence-corrected chi connectivity index (χ2v) is 10.8. The summed E-state index contributed by atoms with van der Waals surface area (Å²) in [5.41, 5.74) is 13.1. The third kappa shape index (κ3) is 7.72. The predicted molar refractivity (Wildman–Crippen MR) is 183 cm³/mol. The Balaban J connectivity index is 0.000000142. The fourth-order valence-electron chi connectivity index (χ4n) is 4.79. The van der Waals surface area contributed by atoms with Crippen LogP contribution in [0.3, 0.4) is 0 Å². The van der Waals surface area contributed by atoms with Gasteiger partial charge in [0.1, 0.15) is 22.9 Å². The zero-order valence-electron chi connectivity index (χ0n) is 25.3. The number of fused-ring (bicyclic) bond motifs is 2. The molecule has 13 heteroatoms. The molecular weight excluding hydrogens is 654 g/mol. The van der Waals surface area contributed by atoms with Gasteiger partial charge in [0, 0.05) is 56.5 Å². The van der Waals surface area contributed by atoms with Crippen LogP contribution in [0.2, 0.25) is 0 Å². The fourth-order valence-corrected chi connectivity index (χ4v) is 4.92. The Morgan fingerprint density at radius 1 is 0.714 bits per heavy atom. The second-order valence-electron chi connectivity index (χ2n) is 10.5. The standard InChI is InChI=1S/C18H12FN3O2.C11H9N3O.C7H4ClFO/c19-13-3-1-11(2-4-13)18(23)22-14-7-15-16(12-5-6-24-10-12)9-21-17(15)20-8-14;12-8-3-9-10(7-1-2-15-6-7)5-14-11(9)13-4-8;8-7(10)5-1-3-6(9)4-2-5/h1-10H,(H,20,21)(H,22,23);1-6H,12H2,(H,13,14);1-4H. The number of halogens is 3. The molecule has 10 nitrogen and oxygen atoms in total. The molecule has 0 aliphatic carbocycles. The Morgan fingerprint density at radius 2 is 1.22 bits per heavy atom. The van der Waals surface area contributed by atoms with Crippen LogP contribution in [-0.2, 0) is 0 Å². The minimum absolute atomic E-state index is 0.308. The summed E-state index contributed by atoms with van der Waals surface area (Å²) in [7, 11) is 0. The van der Waals surface area contributed by atoms with Crippen LogP contribution < -0.4 is 11.1 Å². The van der Waals surface area contributed by atoms with E-state index in [-0.39, 0.29) is 17.5 Å². The number of carbonyl (C=O) groups excluding carboxylic acids is 2. The largest absolute Gasteiger partial charge is 0.472 e. The predicted octanol–water partition coefficient (Wildman–Crippen LogP) is 8.82. The Hall–Kier alpha value is -6.53. The minimum atomic E-state index is -0.569. The first-order valence-electron chi connectivity index (χ1n) is 14.5. The number of H-pyrrole nitrogens is 2. The van der Waals surface area contributed by atoms with E-state index >= 15 is 0 Å². The van der Waals surface area contributed by atoms with Crippen LogP contribution in [0.4, 0.5) is 20.2 Å². The molecule has 0 bridgehead atoms. The van der Waals surface area contributed by atoms with Crippen molar-refractivity contribution in [2.45, 2.75) is 0 Å². The van der Waals surface area contributed by atoms with E-state index in [4.69, 9.17) is 26.2 Å². The van der Waals surface area contributed by atoms with Gasteiger partial charge in [-0.2, -0.15) is 0 Å². The van der Waals surface area contributed by atoms with Crippen molar-refractivity contribution < 1.29 is 27.2 Å². The first-order chi connectivity index (χ1) is 23.7. The van der Waals surface area contributed by atoms with Crippen molar-refractivity contribution in [2.75, 3.05) is 11.1 Å². The number of aromatic amines is 2. The molecule has 5 N–H and O–H groups in total. The summed E-state index contributed by atoms with van der Waals surface area (Å²) in [6.07, 6.45) is 13.5. The lowest BCUT2D eigenvalue weighted by molar-refractivity contribution is 0.102. The number of nitrogens with one attached hydrogen (secondary N) is 3. The lowest BCUT2D eigenvalue weighted by Crippen LogP contribution is -2.11. The molecule has 8 rings (SSSR count). The van der Waals surface area contributed by atoms with Gasteiger partial charge in [0.25, 0.3) is 11.1 Å². The number of rotatable bonds is 5. The Bertz CT molecular complexity index is 2330. The molecule has 0 unspecified atom stereocenters. The van der Waals surface area contributed by atoms with Gasteiger partial charge in [-0.05, 0) is 84.4 Å². The lowest BCUT2D eigenvalue weighted by atomic mass is 10.1. The zero-order valence-corrected chi connectivity index (χ0v) is 26.0. The van der Waals surface area contributed by atoms with Crippen LogP contribution >= 0.6 is 11.6 Å². The van der Waals surface area contributed by atoms with Gasteiger partial charge >= 0.3 is 0 Å². The number of hydrogen-bond donors (Lipinski definition) is 4. The van der Waals surface area contributed by atoms with E-state index in [9.17, 15) is 18.4 Å². The van der Waals surface area contributed by atoms with E-state index in [0.717, 1.165) is 38.7 Å². The van der Waals surface area contributed by atoms with Crippen molar-refractivity contribution in [2.24, 2.45) is 0 Å². The summed E-state index contributed by atoms with van der Waals surface area (Å²) >= 11 is 5.09. The average Bonchev–Trinajstić information content (AvgIpc) is 3.93. The maximum absolute atomic E-state index is 12.9. The fraction of sp³-hybridized carbons (Fsp3) is 0. The van der Waals surface area contributed by atoms with Crippen molar-refractivity contribution in [3.63, 3.8) is 0 Å². The summed E-state index contributed by atoms with van der Waals surface area (Å²) in [4.78, 5) is 37.3. The van der Waals surface area contributed by atoms with Crippen molar-refractivity contribution >= 4 is 56.2 Å². The van der Waals surface area contributed by atoms with Gasteiger partial charge in [-0.1, -0.05) is 0 Å². The normalized spacial score (nSPS) is 10.6. The number of anilines is 2. The SMILES string of the molecule is Nc1cnc2[nH]cc(-c3ccoc3)c2c1.O=C(Cl)c1ccc(F)cc1.O=C(Nc1cnc2[nH]cc(-c3ccoc3)c2c1)c1ccc(F)cc1. The Morgan fingerprint density at radius 3 is 1.73 bits per heavy atom. The molecule has 244 valence electrons. The third-order valence-corrected chi connectivity index (χ3v) is 7.40. The van der Waals surface area contributed by atoms with Gasteiger partial charge in [0.2, 0.25) is 0 Å². The number of hydrogen-bond acceptors (Lipinski definition) is 7. The molecule has 0 aliphatic heterocycles. The molecule has 6 heterocycles. The van der Waals surface area contributed by atoms with Gasteiger partial charge < -0.3 is 29.9 Å². The van der Waals surface area contributed by atoms with E-state index in [1.807, 2.05) is 36.7 Å². The quantitative estimate of drug-likeness (QED) is 0.133. The molecule has 1 amide bonds. The number of benzene rings is 2. The number of aromatic nitrogens is 4. The lowest BCUT2D eigenvalue weighted by Gasteiger charge is -2.05. The Labute approximate surface area is 281 Å². The minimum Gasteiger partial charge on any atom is -0.472 e. The molecule has 0 fully saturated rings. The maximum Gasteiger partial charge on any atom is 0.255 e. The molecule has 0 aliphatic rings. The number of furan rings is 2. The molecule has 0 radical (unpaired) electrons. The highest BCUT2D eigenvalue weighted by Gasteiger charge is 2.12. The number of pyridine rings is 2. The molecule has 0 saturated carbocycles. The highest BCUT2D eigenvalue weighted by molar-refractivity contribution is 6.67. The molecule has 49 heavy (non-hydrogen) atoms. The summed E-state index contributed by atoms with van der Waals surface area (Å²) in [6, 6.07) is 17.9. The average molecular weight is 679 g/mol. The number of nitrogen functional groups attached to an aromatic ring is 1. The topological polar surface area (TPSA) is 156 Å². The zero-order chi connectivity index (χ0) is 34.3. The highest BCUT2D eigenvalue weighted by atomic mass is 35.5. The van der Waals surface area contributed by atoms with E-state index in [1.165, 1.54) is 48.5 Å². The van der Waals surface area contributed by atoms with Gasteiger partial charge in [-0.3, -0.25) is 9.59 Å². The molecule has 6 aromatic heterocycles. The third-order valence-electron chi connectivity index (χ3n) is 7.18. The van der Waals surface area contributed by atoms with Crippen molar-refractivity contribution in [1.82, 2.24) is 19.9 Å². The molecule has 0 atom stereocenters. The Kier molecular flexibility index (Phi) is 9.58. The molecule has 0 saturated heterocycles. The van der Waals surface area contributed by atoms with Crippen LogP contribution in [0.5, 0.6) is 0 Å². The maximum atomic E-state index is 12.9. The monoisotopic (exact) mass is 678 g/mol. The van der Waals surface area contributed by atoms with E-state index in [1.54, 1.807) is 37.4 Å². The van der Waals surface area contributed by atoms with Gasteiger partial charge in [0.05, 0.1) is 48.8 Å². The van der Waals surface area contributed by atoms with Crippen molar-refractivity contribution in [3.05, 3.63) is 145 Å². The van der Waals surface area contributed by atoms with Gasteiger partial charge in [-0.15, -0.1) is 0 Å². The number of nitrogens with two attached hydrogens (primary N) is 1. The summed E-state index contributed by atoms with van der Waals surface area (Å²) in [5, 5.41) is 4.08. The van der Waals surface area contributed by atoms with Crippen molar-refractivity contribution in [3.8, 4) is 22.3 Å². The van der Waals surface area contributed by atoms with E-state index in [2.05, 4.69) is 25.3 Å². The molecule has 0 spiro atoms. The number of nitrogens with zero attached hydrogens (tertiary/aromatic N) is 2. The number of amides is 1. The summed E-state index contributed by atoms with van der Waals surface area (Å²) in [5.74, 6) is -1.08.